The lowest BCUT2D eigenvalue weighted by atomic mass is 10.0. The van der Waals surface area contributed by atoms with Gasteiger partial charge < -0.3 is 14.9 Å². The molecule has 0 aliphatic rings. The molecule has 0 saturated heterocycles. The zero-order chi connectivity index (χ0) is 18.2. The first kappa shape index (κ1) is 22.8. The van der Waals surface area contributed by atoms with Crippen molar-refractivity contribution in [1.82, 2.24) is 0 Å². The van der Waals surface area contributed by atoms with Gasteiger partial charge in [-0.3, -0.25) is 9.59 Å². The number of hydrogen-bond donors (Lipinski definition) is 2. The van der Waals surface area contributed by atoms with Crippen LogP contribution in [0.4, 0.5) is 0 Å². The zero-order valence-corrected chi connectivity index (χ0v) is 15.2. The van der Waals surface area contributed by atoms with Crippen molar-refractivity contribution in [2.24, 2.45) is 0 Å². The fraction of sp³-hybridized carbons (Fsp3) is 0.789. The van der Waals surface area contributed by atoms with Crippen LogP contribution in [0.2, 0.25) is 0 Å². The van der Waals surface area contributed by atoms with Gasteiger partial charge >= 0.3 is 5.97 Å². The number of aliphatic hydroxyl groups excluding tert-OH is 2. The van der Waals surface area contributed by atoms with Crippen molar-refractivity contribution in [3.05, 3.63) is 12.2 Å². The van der Waals surface area contributed by atoms with Gasteiger partial charge in [0, 0.05) is 12.8 Å². The predicted molar refractivity (Wildman–Crippen MR) is 94.6 cm³/mol. The summed E-state index contributed by atoms with van der Waals surface area (Å²) in [5, 5.41) is 19.7. The molecule has 0 spiro atoms. The molecule has 2 atom stereocenters. The van der Waals surface area contributed by atoms with Crippen LogP contribution in [-0.2, 0) is 14.3 Å². The molecule has 0 bridgehead atoms. The van der Waals surface area contributed by atoms with E-state index in [1.807, 2.05) is 0 Å². The van der Waals surface area contributed by atoms with E-state index in [0.29, 0.717) is 19.3 Å². The molecule has 5 nitrogen and oxygen atoms in total. The Kier molecular flexibility index (Phi) is 14.6. The number of aliphatic hydroxyl groups is 2. The second-order valence-corrected chi connectivity index (χ2v) is 6.22. The van der Waals surface area contributed by atoms with Gasteiger partial charge in [0.25, 0.3) is 0 Å². The number of hydrogen-bond acceptors (Lipinski definition) is 5. The van der Waals surface area contributed by atoms with Crippen LogP contribution in [0.5, 0.6) is 0 Å². The molecule has 0 saturated carbocycles. The number of ketones is 1. The Morgan fingerprint density at radius 3 is 2.25 bits per heavy atom. The molecule has 0 aromatic carbocycles. The third kappa shape index (κ3) is 13.3. The maximum atomic E-state index is 11.6. The molecule has 2 N–H and O–H groups in total. The number of methoxy groups -OCH3 is 1. The van der Waals surface area contributed by atoms with Crippen molar-refractivity contribution in [3.63, 3.8) is 0 Å². The van der Waals surface area contributed by atoms with Crippen LogP contribution in [0.3, 0.4) is 0 Å². The van der Waals surface area contributed by atoms with Crippen molar-refractivity contribution in [2.75, 3.05) is 7.11 Å². The molecule has 0 radical (unpaired) electrons. The number of allylic oxidation sites excluding steroid dienone is 1. The summed E-state index contributed by atoms with van der Waals surface area (Å²) in [6.07, 6.45) is 9.93. The van der Waals surface area contributed by atoms with Crippen LogP contribution in [0.25, 0.3) is 0 Å². The summed E-state index contributed by atoms with van der Waals surface area (Å²) in [7, 11) is 1.39. The van der Waals surface area contributed by atoms with Crippen LogP contribution in [0, 0.1) is 0 Å². The Balaban J connectivity index is 3.69. The number of ether oxygens (including phenoxy) is 1. The van der Waals surface area contributed by atoms with Gasteiger partial charge in [-0.05, 0) is 25.3 Å². The van der Waals surface area contributed by atoms with E-state index in [1.54, 1.807) is 0 Å². The van der Waals surface area contributed by atoms with E-state index >= 15 is 0 Å². The highest BCUT2D eigenvalue weighted by molar-refractivity contribution is 5.89. The summed E-state index contributed by atoms with van der Waals surface area (Å²) in [6.45, 7) is 2.08. The highest BCUT2D eigenvalue weighted by Crippen LogP contribution is 2.11. The summed E-state index contributed by atoms with van der Waals surface area (Å²) in [6, 6.07) is 0. The first-order chi connectivity index (χ1) is 11.5. The van der Waals surface area contributed by atoms with Gasteiger partial charge in [0.2, 0.25) is 0 Å². The second kappa shape index (κ2) is 15.3. The first-order valence-corrected chi connectivity index (χ1v) is 9.15. The molecule has 0 aromatic heterocycles. The number of unbranched alkanes of at least 4 members (excludes halogenated alkanes) is 6. The van der Waals surface area contributed by atoms with Gasteiger partial charge in [-0.2, -0.15) is 0 Å². The lowest BCUT2D eigenvalue weighted by molar-refractivity contribution is -0.140. The Morgan fingerprint density at radius 2 is 1.58 bits per heavy atom. The third-order valence-corrected chi connectivity index (χ3v) is 4.01. The summed E-state index contributed by atoms with van der Waals surface area (Å²) in [4.78, 5) is 22.5. The number of carbonyl (C=O) groups is 2. The summed E-state index contributed by atoms with van der Waals surface area (Å²) >= 11 is 0. The third-order valence-electron chi connectivity index (χ3n) is 4.01. The second-order valence-electron chi connectivity index (χ2n) is 6.22. The summed E-state index contributed by atoms with van der Waals surface area (Å²) < 4.78 is 4.57. The molecular formula is C19H34O5. The van der Waals surface area contributed by atoms with Crippen LogP contribution >= 0.6 is 0 Å². The fourth-order valence-electron chi connectivity index (χ4n) is 2.39. The lowest BCUT2D eigenvalue weighted by Crippen LogP contribution is -2.23. The molecule has 0 aromatic rings. The highest BCUT2D eigenvalue weighted by atomic mass is 16.5. The molecule has 0 heterocycles. The van der Waals surface area contributed by atoms with E-state index in [-0.39, 0.29) is 11.8 Å². The summed E-state index contributed by atoms with van der Waals surface area (Å²) in [5.41, 5.74) is 0. The standard InChI is InChI=1S/C19H34O5/c1-3-4-8-11-16(20)14-15-18(22)17(21)12-9-6-5-7-10-13-19(23)24-2/h14-15,17-18,21-22H,3-13H2,1-2H3/b15-14+/t17-,18+/m1/s1. The SMILES string of the molecule is CCCCCC(=O)/C=C/[C@H](O)[C@H](O)CCCCCCCC(=O)OC. The minimum absolute atomic E-state index is 0.000283. The van der Waals surface area contributed by atoms with Gasteiger partial charge in [0.05, 0.1) is 19.3 Å². The maximum Gasteiger partial charge on any atom is 0.305 e. The molecule has 0 fully saturated rings. The highest BCUT2D eigenvalue weighted by Gasteiger charge is 2.13. The van der Waals surface area contributed by atoms with Crippen molar-refractivity contribution < 1.29 is 24.5 Å². The average molecular weight is 342 g/mol. The Hall–Kier alpha value is -1.20. The molecule has 0 aliphatic heterocycles. The van der Waals surface area contributed by atoms with Crippen molar-refractivity contribution in [3.8, 4) is 0 Å². The van der Waals surface area contributed by atoms with Crippen LogP contribution in [0.15, 0.2) is 12.2 Å². The lowest BCUT2D eigenvalue weighted by Gasteiger charge is -2.14. The number of carbonyl (C=O) groups excluding carboxylic acids is 2. The van der Waals surface area contributed by atoms with Gasteiger partial charge in [-0.1, -0.05) is 51.5 Å². The minimum Gasteiger partial charge on any atom is -0.469 e. The fourth-order valence-corrected chi connectivity index (χ4v) is 2.39. The summed E-state index contributed by atoms with van der Waals surface area (Å²) in [5.74, 6) is -0.176. The van der Waals surface area contributed by atoms with Gasteiger partial charge in [-0.25, -0.2) is 0 Å². The first-order valence-electron chi connectivity index (χ1n) is 9.15. The van der Waals surface area contributed by atoms with Crippen molar-refractivity contribution >= 4 is 11.8 Å². The number of esters is 1. The molecule has 24 heavy (non-hydrogen) atoms. The molecule has 0 unspecified atom stereocenters. The molecule has 0 aliphatic carbocycles. The van der Waals surface area contributed by atoms with E-state index in [2.05, 4.69) is 11.7 Å². The van der Waals surface area contributed by atoms with Crippen molar-refractivity contribution in [1.29, 1.82) is 0 Å². The van der Waals surface area contributed by atoms with Crippen LogP contribution < -0.4 is 0 Å². The van der Waals surface area contributed by atoms with E-state index in [9.17, 15) is 19.8 Å². The molecule has 140 valence electrons. The Morgan fingerprint density at radius 1 is 0.958 bits per heavy atom. The largest absolute Gasteiger partial charge is 0.469 e. The van der Waals surface area contributed by atoms with Crippen molar-refractivity contribution in [2.45, 2.75) is 89.8 Å². The topological polar surface area (TPSA) is 83.8 Å². The van der Waals surface area contributed by atoms with E-state index in [4.69, 9.17) is 0 Å². The molecule has 0 rings (SSSR count). The monoisotopic (exact) mass is 342 g/mol. The Labute approximate surface area is 146 Å². The van der Waals surface area contributed by atoms with E-state index < -0.39 is 12.2 Å². The van der Waals surface area contributed by atoms with Crippen LogP contribution in [0.1, 0.15) is 77.6 Å². The van der Waals surface area contributed by atoms with E-state index in [1.165, 1.54) is 19.3 Å². The van der Waals surface area contributed by atoms with E-state index in [0.717, 1.165) is 51.4 Å². The smallest absolute Gasteiger partial charge is 0.305 e. The van der Waals surface area contributed by atoms with Gasteiger partial charge in [-0.15, -0.1) is 0 Å². The maximum absolute atomic E-state index is 11.6. The normalized spacial score (nSPS) is 13.8. The number of rotatable bonds is 15. The molecule has 0 amide bonds. The minimum atomic E-state index is -0.987. The van der Waals surface area contributed by atoms with Crippen LogP contribution in [-0.4, -0.2) is 41.3 Å². The average Bonchev–Trinajstić information content (AvgIpc) is 2.58. The zero-order valence-electron chi connectivity index (χ0n) is 15.2. The van der Waals surface area contributed by atoms with Gasteiger partial charge in [0.15, 0.2) is 5.78 Å². The van der Waals surface area contributed by atoms with Gasteiger partial charge in [0.1, 0.15) is 0 Å². The Bertz CT molecular complexity index is 365. The molecule has 5 heteroatoms. The quantitative estimate of drug-likeness (QED) is 0.271. The molecular weight excluding hydrogens is 308 g/mol. The predicted octanol–water partition coefficient (Wildman–Crippen LogP) is 3.32.